The first kappa shape index (κ1) is 28.0. The third-order valence-corrected chi connectivity index (χ3v) is 8.57. The van der Waals surface area contributed by atoms with E-state index < -0.39 is 23.8 Å². The molecular weight excluding hydrogens is 549 g/mol. The zero-order valence-electron chi connectivity index (χ0n) is 20.7. The highest BCUT2D eigenvalue weighted by molar-refractivity contribution is 7.98. The zero-order chi connectivity index (χ0) is 27.4. The van der Waals surface area contributed by atoms with Crippen molar-refractivity contribution < 1.29 is 24.3 Å². The number of piperidine rings is 1. The first-order valence-electron chi connectivity index (χ1n) is 12.1. The molecule has 38 heavy (non-hydrogen) atoms. The van der Waals surface area contributed by atoms with Crippen LogP contribution in [0.25, 0.3) is 6.08 Å². The molecule has 200 valence electrons. The number of rotatable bonds is 8. The van der Waals surface area contributed by atoms with Crippen molar-refractivity contribution in [2.75, 3.05) is 30.8 Å². The van der Waals surface area contributed by atoms with E-state index in [0.717, 1.165) is 10.5 Å². The van der Waals surface area contributed by atoms with E-state index in [2.05, 4.69) is 5.32 Å². The van der Waals surface area contributed by atoms with E-state index >= 15 is 0 Å². The number of likely N-dealkylation sites (tertiary alicyclic amines) is 1. The molecule has 2 N–H and O–H groups in total. The number of fused-ring (bicyclic) bond motifs is 1. The van der Waals surface area contributed by atoms with Gasteiger partial charge in [0.15, 0.2) is 0 Å². The quantitative estimate of drug-likeness (QED) is 0.362. The topological polar surface area (TPSA) is 107 Å². The van der Waals surface area contributed by atoms with Crippen molar-refractivity contribution in [3.63, 3.8) is 0 Å². The Morgan fingerprint density at radius 2 is 1.84 bits per heavy atom. The average molecular weight is 577 g/mol. The zero-order valence-corrected chi connectivity index (χ0v) is 23.0. The van der Waals surface area contributed by atoms with Gasteiger partial charge in [-0.15, -0.1) is 11.8 Å². The third kappa shape index (κ3) is 6.17. The highest BCUT2D eigenvalue weighted by Crippen LogP contribution is 2.35. The largest absolute Gasteiger partial charge is 0.480 e. The maximum atomic E-state index is 12.9. The minimum atomic E-state index is -1.24. The molecule has 1 unspecified atom stereocenters. The van der Waals surface area contributed by atoms with Gasteiger partial charge in [-0.1, -0.05) is 47.5 Å². The molecule has 0 saturated carbocycles. The first-order chi connectivity index (χ1) is 18.2. The van der Waals surface area contributed by atoms with Gasteiger partial charge in [0.25, 0.3) is 0 Å². The van der Waals surface area contributed by atoms with Crippen LogP contribution in [0.1, 0.15) is 24.0 Å². The van der Waals surface area contributed by atoms with Gasteiger partial charge >= 0.3 is 5.97 Å². The number of nitrogens with one attached hydrogen (secondary N) is 1. The SMILES string of the molecule is CSc1ccc(C=CC(=O)N2CCC(C(=O)NC(CN3C(=O)Cc4ccccc43)C(=O)O)CC2)c(Cl)c1Cl. The number of aliphatic carboxylic acids is 1. The highest BCUT2D eigenvalue weighted by Gasteiger charge is 2.34. The van der Waals surface area contributed by atoms with E-state index in [1.54, 1.807) is 29.2 Å². The van der Waals surface area contributed by atoms with Crippen LogP contribution < -0.4 is 10.2 Å². The number of carbonyl (C=O) groups excluding carboxylic acids is 3. The summed E-state index contributed by atoms with van der Waals surface area (Å²) < 4.78 is 0. The summed E-state index contributed by atoms with van der Waals surface area (Å²) in [5, 5.41) is 13.1. The van der Waals surface area contributed by atoms with Crippen molar-refractivity contribution in [2.45, 2.75) is 30.2 Å². The van der Waals surface area contributed by atoms with Crippen LogP contribution in [0.2, 0.25) is 10.0 Å². The molecule has 0 radical (unpaired) electrons. The molecule has 0 bridgehead atoms. The predicted octanol–water partition coefficient (Wildman–Crippen LogP) is 4.13. The number of hydrogen-bond donors (Lipinski definition) is 2. The fourth-order valence-electron chi connectivity index (χ4n) is 4.64. The highest BCUT2D eigenvalue weighted by atomic mass is 35.5. The van der Waals surface area contributed by atoms with Crippen molar-refractivity contribution in [1.82, 2.24) is 10.2 Å². The maximum Gasteiger partial charge on any atom is 0.328 e. The van der Waals surface area contributed by atoms with E-state index in [-0.39, 0.29) is 24.8 Å². The molecule has 2 aliphatic rings. The number of anilines is 1. The summed E-state index contributed by atoms with van der Waals surface area (Å²) in [6.45, 7) is 0.567. The van der Waals surface area contributed by atoms with Gasteiger partial charge in [0.05, 0.1) is 23.0 Å². The predicted molar refractivity (Wildman–Crippen MR) is 149 cm³/mol. The second-order valence-corrected chi connectivity index (χ2v) is 10.7. The smallest absolute Gasteiger partial charge is 0.328 e. The van der Waals surface area contributed by atoms with Crippen molar-refractivity contribution in [3.05, 3.63) is 63.6 Å². The summed E-state index contributed by atoms with van der Waals surface area (Å²) >= 11 is 14.1. The molecule has 4 rings (SSSR count). The molecule has 2 heterocycles. The monoisotopic (exact) mass is 575 g/mol. The maximum absolute atomic E-state index is 12.9. The number of carboxylic acids is 1. The van der Waals surface area contributed by atoms with Crippen molar-refractivity contribution in [3.8, 4) is 0 Å². The molecule has 1 saturated heterocycles. The first-order valence-corrected chi connectivity index (χ1v) is 14.1. The standard InChI is InChI=1S/C27H27Cl2N3O5S/c1-38-21-8-6-16(24(28)25(21)29)7-9-22(33)31-12-10-17(11-13-31)26(35)30-19(27(36)37)15-32-20-5-3-2-4-18(20)14-23(32)34/h2-9,17,19H,10-15H2,1H3,(H,30,35)(H,36,37). The van der Waals surface area contributed by atoms with E-state index in [1.807, 2.05) is 24.5 Å². The number of para-hydroxylation sites is 1. The third-order valence-electron chi connectivity index (χ3n) is 6.78. The Hall–Kier alpha value is -3.01. The van der Waals surface area contributed by atoms with Crippen LogP contribution >= 0.6 is 35.0 Å². The van der Waals surface area contributed by atoms with Crippen molar-refractivity contribution >= 4 is 70.4 Å². The fraction of sp³-hybridized carbons (Fsp3) is 0.333. The molecule has 0 spiro atoms. The Morgan fingerprint density at radius 1 is 1.13 bits per heavy atom. The van der Waals surface area contributed by atoms with Gasteiger partial charge in [0, 0.05) is 35.7 Å². The summed E-state index contributed by atoms with van der Waals surface area (Å²) in [5.41, 5.74) is 2.14. The Bertz CT molecular complexity index is 1290. The number of carboxylic acid groups (broad SMARTS) is 1. The van der Waals surface area contributed by atoms with Gasteiger partial charge in [-0.25, -0.2) is 4.79 Å². The Morgan fingerprint density at radius 3 is 2.53 bits per heavy atom. The summed E-state index contributed by atoms with van der Waals surface area (Å²) in [6.07, 6.45) is 5.96. The van der Waals surface area contributed by atoms with E-state index in [1.165, 1.54) is 22.7 Å². The van der Waals surface area contributed by atoms with Crippen molar-refractivity contribution in [2.24, 2.45) is 5.92 Å². The van der Waals surface area contributed by atoms with Crippen LogP contribution in [0, 0.1) is 5.92 Å². The van der Waals surface area contributed by atoms with Gasteiger partial charge in [-0.2, -0.15) is 0 Å². The van der Waals surface area contributed by atoms with E-state index in [9.17, 15) is 24.3 Å². The second kappa shape index (κ2) is 12.2. The number of carbonyl (C=O) groups is 4. The number of thioether (sulfide) groups is 1. The fourth-order valence-corrected chi connectivity index (χ4v) is 5.81. The summed E-state index contributed by atoms with van der Waals surface area (Å²) in [4.78, 5) is 53.9. The summed E-state index contributed by atoms with van der Waals surface area (Å²) in [5.74, 6) is -2.44. The molecule has 1 fully saturated rings. The van der Waals surface area contributed by atoms with Crippen LogP contribution in [0.15, 0.2) is 47.4 Å². The molecule has 2 aromatic rings. The average Bonchev–Trinajstić information content (AvgIpc) is 3.23. The molecule has 3 amide bonds. The van der Waals surface area contributed by atoms with Crippen molar-refractivity contribution in [1.29, 1.82) is 0 Å². The lowest BCUT2D eigenvalue weighted by molar-refractivity contribution is -0.142. The molecule has 2 aliphatic heterocycles. The van der Waals surface area contributed by atoms with Gasteiger partial charge in [-0.3, -0.25) is 14.4 Å². The molecule has 0 aliphatic carbocycles. The van der Waals surface area contributed by atoms with Crippen LogP contribution in [0.5, 0.6) is 0 Å². The van der Waals surface area contributed by atoms with E-state index in [4.69, 9.17) is 23.2 Å². The lowest BCUT2D eigenvalue weighted by Crippen LogP contribution is -2.52. The Balaban J connectivity index is 1.31. The lowest BCUT2D eigenvalue weighted by atomic mass is 9.95. The van der Waals surface area contributed by atoms with Crippen LogP contribution in [0.3, 0.4) is 0 Å². The lowest BCUT2D eigenvalue weighted by Gasteiger charge is -2.31. The number of hydrogen-bond acceptors (Lipinski definition) is 5. The Labute approximate surface area is 235 Å². The van der Waals surface area contributed by atoms with E-state index in [0.29, 0.717) is 47.2 Å². The van der Waals surface area contributed by atoms with Gasteiger partial charge in [-0.05, 0) is 48.4 Å². The van der Waals surface area contributed by atoms with Gasteiger partial charge < -0.3 is 20.2 Å². The number of nitrogens with zero attached hydrogens (tertiary/aromatic N) is 2. The van der Waals surface area contributed by atoms with Crippen LogP contribution in [0.4, 0.5) is 5.69 Å². The normalized spacial score (nSPS) is 16.6. The molecule has 8 nitrogen and oxygen atoms in total. The molecule has 11 heteroatoms. The molecule has 2 aromatic carbocycles. The second-order valence-electron chi connectivity index (χ2n) is 9.13. The van der Waals surface area contributed by atoms with Crippen LogP contribution in [-0.2, 0) is 25.6 Å². The molecule has 0 aromatic heterocycles. The summed E-state index contributed by atoms with van der Waals surface area (Å²) in [7, 11) is 0. The number of benzene rings is 2. The molecular formula is C27H27Cl2N3O5S. The van der Waals surface area contributed by atoms with Crippen LogP contribution in [-0.4, -0.2) is 65.6 Å². The summed E-state index contributed by atoms with van der Waals surface area (Å²) in [6, 6.07) is 9.61. The minimum Gasteiger partial charge on any atom is -0.480 e. The van der Waals surface area contributed by atoms with Gasteiger partial charge in [0.1, 0.15) is 6.04 Å². The molecule has 1 atom stereocenters. The minimum absolute atomic E-state index is 0.149. The number of halogens is 2. The number of amides is 3. The van der Waals surface area contributed by atoms with Gasteiger partial charge in [0.2, 0.25) is 17.7 Å². The Kier molecular flexibility index (Phi) is 9.02.